The largest absolute Gasteiger partial charge is 0.462 e. The first-order chi connectivity index (χ1) is 11.7. The summed E-state index contributed by atoms with van der Waals surface area (Å²) in [6.45, 7) is 1.12. The number of pyridine rings is 1. The van der Waals surface area contributed by atoms with E-state index in [0.29, 0.717) is 18.6 Å². The SMILES string of the molecule is O=C(OCCCc1cccnc1)c1ccc(N2CCCC2=O)cc1. The van der Waals surface area contributed by atoms with E-state index in [2.05, 4.69) is 4.98 Å². The van der Waals surface area contributed by atoms with Gasteiger partial charge in [0, 0.05) is 31.0 Å². The van der Waals surface area contributed by atoms with Crippen LogP contribution < -0.4 is 4.90 Å². The van der Waals surface area contributed by atoms with Gasteiger partial charge >= 0.3 is 5.97 Å². The second-order valence-corrected chi connectivity index (χ2v) is 5.80. The fraction of sp³-hybridized carbons (Fsp3) is 0.316. The second-order valence-electron chi connectivity index (χ2n) is 5.80. The van der Waals surface area contributed by atoms with Crippen LogP contribution in [-0.2, 0) is 16.0 Å². The minimum absolute atomic E-state index is 0.140. The molecule has 0 atom stereocenters. The first-order valence-electron chi connectivity index (χ1n) is 8.20. The lowest BCUT2D eigenvalue weighted by Crippen LogP contribution is -2.23. The molecule has 3 rings (SSSR count). The highest BCUT2D eigenvalue weighted by Gasteiger charge is 2.21. The van der Waals surface area contributed by atoms with Gasteiger partial charge in [-0.25, -0.2) is 4.79 Å². The molecule has 2 aromatic rings. The zero-order chi connectivity index (χ0) is 16.8. The van der Waals surface area contributed by atoms with Gasteiger partial charge in [-0.05, 0) is 55.2 Å². The molecule has 1 amide bonds. The third kappa shape index (κ3) is 3.98. The van der Waals surface area contributed by atoms with Crippen molar-refractivity contribution in [2.75, 3.05) is 18.1 Å². The molecule has 0 N–H and O–H groups in total. The van der Waals surface area contributed by atoms with Gasteiger partial charge in [0.05, 0.1) is 12.2 Å². The number of amides is 1. The number of aromatic nitrogens is 1. The number of benzene rings is 1. The quantitative estimate of drug-likeness (QED) is 0.605. The van der Waals surface area contributed by atoms with Gasteiger partial charge in [0.2, 0.25) is 5.91 Å². The van der Waals surface area contributed by atoms with E-state index in [-0.39, 0.29) is 11.9 Å². The van der Waals surface area contributed by atoms with Crippen molar-refractivity contribution in [3.05, 3.63) is 59.9 Å². The number of aryl methyl sites for hydroxylation is 1. The Hall–Kier alpha value is -2.69. The highest BCUT2D eigenvalue weighted by atomic mass is 16.5. The van der Waals surface area contributed by atoms with Crippen molar-refractivity contribution in [3.63, 3.8) is 0 Å². The van der Waals surface area contributed by atoms with Crippen LogP contribution in [0.1, 0.15) is 35.2 Å². The highest BCUT2D eigenvalue weighted by molar-refractivity contribution is 5.96. The molecule has 0 saturated carbocycles. The Kier molecular flexibility index (Phi) is 5.21. The van der Waals surface area contributed by atoms with Crippen molar-refractivity contribution < 1.29 is 14.3 Å². The van der Waals surface area contributed by atoms with Crippen LogP contribution in [0.25, 0.3) is 0 Å². The van der Waals surface area contributed by atoms with E-state index < -0.39 is 0 Å². The van der Waals surface area contributed by atoms with Gasteiger partial charge in [-0.2, -0.15) is 0 Å². The summed E-state index contributed by atoms with van der Waals surface area (Å²) in [7, 11) is 0. The summed E-state index contributed by atoms with van der Waals surface area (Å²) in [5.41, 5.74) is 2.48. The molecular weight excluding hydrogens is 304 g/mol. The second kappa shape index (κ2) is 7.73. The van der Waals surface area contributed by atoms with Gasteiger partial charge in [-0.15, -0.1) is 0 Å². The molecule has 0 spiro atoms. The van der Waals surface area contributed by atoms with Crippen molar-refractivity contribution in [1.29, 1.82) is 0 Å². The molecule has 1 aromatic carbocycles. The zero-order valence-electron chi connectivity index (χ0n) is 13.5. The smallest absolute Gasteiger partial charge is 0.338 e. The van der Waals surface area contributed by atoms with E-state index in [1.54, 1.807) is 35.4 Å². The van der Waals surface area contributed by atoms with Gasteiger partial charge in [0.15, 0.2) is 0 Å². The minimum Gasteiger partial charge on any atom is -0.462 e. The van der Waals surface area contributed by atoms with Gasteiger partial charge in [0.25, 0.3) is 0 Å². The fourth-order valence-electron chi connectivity index (χ4n) is 2.77. The third-order valence-corrected chi connectivity index (χ3v) is 4.05. The number of nitrogens with zero attached hydrogens (tertiary/aromatic N) is 2. The molecule has 1 aliphatic rings. The van der Waals surface area contributed by atoms with Crippen LogP contribution in [0.3, 0.4) is 0 Å². The van der Waals surface area contributed by atoms with E-state index in [0.717, 1.165) is 37.1 Å². The van der Waals surface area contributed by atoms with Crippen LogP contribution in [0.2, 0.25) is 0 Å². The van der Waals surface area contributed by atoms with Crippen molar-refractivity contribution in [2.24, 2.45) is 0 Å². The molecule has 0 bridgehead atoms. The molecule has 0 radical (unpaired) electrons. The molecule has 2 heterocycles. The molecule has 24 heavy (non-hydrogen) atoms. The lowest BCUT2D eigenvalue weighted by atomic mass is 10.1. The van der Waals surface area contributed by atoms with Gasteiger partial charge in [-0.1, -0.05) is 6.07 Å². The fourth-order valence-corrected chi connectivity index (χ4v) is 2.77. The number of rotatable bonds is 6. The molecule has 1 aromatic heterocycles. The van der Waals surface area contributed by atoms with Gasteiger partial charge in [-0.3, -0.25) is 9.78 Å². The van der Waals surface area contributed by atoms with Crippen molar-refractivity contribution >= 4 is 17.6 Å². The Labute approximate surface area is 141 Å². The van der Waals surface area contributed by atoms with E-state index in [4.69, 9.17) is 4.74 Å². The number of carbonyl (C=O) groups excluding carboxylic acids is 2. The molecule has 0 unspecified atom stereocenters. The maximum atomic E-state index is 12.0. The highest BCUT2D eigenvalue weighted by Crippen LogP contribution is 2.21. The minimum atomic E-state index is -0.333. The molecule has 1 fully saturated rings. The van der Waals surface area contributed by atoms with Crippen LogP contribution in [0, 0.1) is 0 Å². The first kappa shape index (κ1) is 16.2. The number of hydrogen-bond acceptors (Lipinski definition) is 4. The van der Waals surface area contributed by atoms with Crippen LogP contribution in [0.5, 0.6) is 0 Å². The van der Waals surface area contributed by atoms with Gasteiger partial charge in [0.1, 0.15) is 0 Å². The summed E-state index contributed by atoms with van der Waals surface area (Å²) in [5, 5.41) is 0. The molecule has 0 aliphatic carbocycles. The van der Waals surface area contributed by atoms with Crippen molar-refractivity contribution in [3.8, 4) is 0 Å². The maximum absolute atomic E-state index is 12.0. The number of esters is 1. The number of ether oxygens (including phenoxy) is 1. The van der Waals surface area contributed by atoms with E-state index in [1.807, 2.05) is 18.3 Å². The average Bonchev–Trinajstić information content (AvgIpc) is 3.05. The van der Waals surface area contributed by atoms with E-state index >= 15 is 0 Å². The monoisotopic (exact) mass is 324 g/mol. The van der Waals surface area contributed by atoms with Crippen LogP contribution >= 0.6 is 0 Å². The number of carbonyl (C=O) groups is 2. The Bertz CT molecular complexity index is 698. The maximum Gasteiger partial charge on any atom is 0.338 e. The summed E-state index contributed by atoms with van der Waals surface area (Å²) in [5.74, 6) is -0.193. The predicted octanol–water partition coefficient (Wildman–Crippen LogP) is 3.00. The lowest BCUT2D eigenvalue weighted by Gasteiger charge is -2.15. The Morgan fingerprint density at radius 2 is 2.04 bits per heavy atom. The third-order valence-electron chi connectivity index (χ3n) is 4.05. The normalized spacial score (nSPS) is 14.0. The Balaban J connectivity index is 1.47. The molecular formula is C19H20N2O3. The molecule has 1 saturated heterocycles. The summed E-state index contributed by atoms with van der Waals surface area (Å²) in [4.78, 5) is 29.6. The summed E-state index contributed by atoms with van der Waals surface area (Å²) in [6.07, 6.45) is 6.64. The molecule has 5 nitrogen and oxygen atoms in total. The summed E-state index contributed by atoms with van der Waals surface area (Å²) >= 11 is 0. The Morgan fingerprint density at radius 3 is 2.71 bits per heavy atom. The topological polar surface area (TPSA) is 59.5 Å². The summed E-state index contributed by atoms with van der Waals surface area (Å²) in [6, 6.07) is 10.9. The van der Waals surface area contributed by atoms with E-state index in [9.17, 15) is 9.59 Å². The van der Waals surface area contributed by atoms with Crippen molar-refractivity contribution in [1.82, 2.24) is 4.98 Å². The van der Waals surface area contributed by atoms with Gasteiger partial charge < -0.3 is 9.64 Å². The van der Waals surface area contributed by atoms with Crippen LogP contribution in [0.4, 0.5) is 5.69 Å². The number of hydrogen-bond donors (Lipinski definition) is 0. The average molecular weight is 324 g/mol. The zero-order valence-corrected chi connectivity index (χ0v) is 13.5. The van der Waals surface area contributed by atoms with Crippen LogP contribution in [-0.4, -0.2) is 30.0 Å². The predicted molar refractivity (Wildman–Crippen MR) is 90.9 cm³/mol. The first-order valence-corrected chi connectivity index (χ1v) is 8.20. The molecule has 124 valence electrons. The standard InChI is InChI=1S/C19H20N2O3/c22-18-6-2-12-21(18)17-9-7-16(8-10-17)19(23)24-13-3-5-15-4-1-11-20-14-15/h1,4,7-11,14H,2-3,5-6,12-13H2. The Morgan fingerprint density at radius 1 is 1.21 bits per heavy atom. The van der Waals surface area contributed by atoms with Crippen molar-refractivity contribution in [2.45, 2.75) is 25.7 Å². The van der Waals surface area contributed by atoms with E-state index in [1.165, 1.54) is 0 Å². The van der Waals surface area contributed by atoms with Crippen LogP contribution in [0.15, 0.2) is 48.8 Å². The summed E-state index contributed by atoms with van der Waals surface area (Å²) < 4.78 is 5.30. The molecule has 5 heteroatoms. The molecule has 1 aliphatic heterocycles. The lowest BCUT2D eigenvalue weighted by molar-refractivity contribution is -0.117. The number of anilines is 1.